The number of hydrogen-bond donors (Lipinski definition) is 4. The van der Waals surface area contributed by atoms with Gasteiger partial charge in [-0.1, -0.05) is 80.6 Å². The van der Waals surface area contributed by atoms with Gasteiger partial charge in [0.15, 0.2) is 0 Å². The Morgan fingerprint density at radius 2 is 1.70 bits per heavy atom. The summed E-state index contributed by atoms with van der Waals surface area (Å²) in [6.07, 6.45) is 11.8. The lowest BCUT2D eigenvalue weighted by molar-refractivity contribution is -0.384. The predicted octanol–water partition coefficient (Wildman–Crippen LogP) is 4.96. The van der Waals surface area contributed by atoms with Gasteiger partial charge in [0.1, 0.15) is 18.1 Å². The monoisotopic (exact) mass is 771 g/mol. The van der Waals surface area contributed by atoms with E-state index in [0.717, 1.165) is 59.7 Å². The van der Waals surface area contributed by atoms with Crippen molar-refractivity contribution in [1.29, 1.82) is 0 Å². The number of rotatable bonds is 12. The van der Waals surface area contributed by atoms with Crippen LogP contribution in [0.4, 0.5) is 11.4 Å². The fraction of sp³-hybridized carbons (Fsp3) is 0.409. The van der Waals surface area contributed by atoms with Crippen molar-refractivity contribution >= 4 is 51.5 Å². The molecule has 4 aliphatic rings. The lowest BCUT2D eigenvalue weighted by Gasteiger charge is -2.39. The predicted molar refractivity (Wildman–Crippen MR) is 217 cm³/mol. The van der Waals surface area contributed by atoms with E-state index in [4.69, 9.17) is 5.73 Å². The third-order valence-electron chi connectivity index (χ3n) is 12.6. The minimum atomic E-state index is -1.12. The van der Waals surface area contributed by atoms with Gasteiger partial charge in [0.2, 0.25) is 23.6 Å². The van der Waals surface area contributed by atoms with Crippen molar-refractivity contribution in [2.24, 2.45) is 17.6 Å². The summed E-state index contributed by atoms with van der Waals surface area (Å²) in [5.41, 5.74) is 12.2. The number of nitro groups is 1. The van der Waals surface area contributed by atoms with Crippen LogP contribution in [0.5, 0.6) is 0 Å². The highest BCUT2D eigenvalue weighted by molar-refractivity contribution is 6.07. The second-order valence-corrected chi connectivity index (χ2v) is 16.2. The molecule has 296 valence electrons. The highest BCUT2D eigenvalue weighted by Crippen LogP contribution is 2.41. The molecule has 5 N–H and O–H groups in total. The zero-order valence-electron chi connectivity index (χ0n) is 32.1. The zero-order chi connectivity index (χ0) is 39.8. The number of fused-ring (bicyclic) bond motifs is 3. The van der Waals surface area contributed by atoms with E-state index in [1.54, 1.807) is 24.3 Å². The molecule has 57 heavy (non-hydrogen) atoms. The van der Waals surface area contributed by atoms with Gasteiger partial charge >= 0.3 is 0 Å². The van der Waals surface area contributed by atoms with Crippen LogP contribution in [0.25, 0.3) is 16.5 Å². The molecule has 8 rings (SSSR count). The highest BCUT2D eigenvalue weighted by Gasteiger charge is 2.42. The Morgan fingerprint density at radius 3 is 2.46 bits per heavy atom. The molecular weight excluding hydrogens is 723 g/mol. The number of non-ortho nitro benzene ring substituents is 1. The van der Waals surface area contributed by atoms with Crippen LogP contribution in [-0.4, -0.2) is 76.2 Å². The van der Waals surface area contributed by atoms with Gasteiger partial charge in [0.25, 0.3) is 5.69 Å². The van der Waals surface area contributed by atoms with Crippen LogP contribution in [0.15, 0.2) is 79.0 Å². The molecule has 0 spiro atoms. The summed E-state index contributed by atoms with van der Waals surface area (Å²) in [6.45, 7) is 0.437. The number of hydrogen-bond acceptors (Lipinski definition) is 7. The summed E-state index contributed by atoms with van der Waals surface area (Å²) in [6, 6.07) is 16.4. The highest BCUT2D eigenvalue weighted by atomic mass is 16.6. The number of aromatic nitrogens is 1. The summed E-state index contributed by atoms with van der Waals surface area (Å²) in [7, 11) is 2.01. The number of nitrogens with two attached hydrogens (primary N) is 1. The van der Waals surface area contributed by atoms with Crippen LogP contribution in [-0.2, 0) is 38.4 Å². The Hall–Kier alpha value is -5.82. The number of carbonyl (C=O) groups is 4. The number of nitrogens with one attached hydrogen (secondary N) is 3. The maximum atomic E-state index is 14.6. The van der Waals surface area contributed by atoms with E-state index in [-0.39, 0.29) is 30.5 Å². The first-order valence-electron chi connectivity index (χ1n) is 20.1. The molecule has 1 aromatic heterocycles. The fourth-order valence-corrected chi connectivity index (χ4v) is 9.55. The Bertz CT molecular complexity index is 2240. The Kier molecular flexibility index (Phi) is 10.7. The Labute approximate surface area is 331 Å². The number of H-pyrrole nitrogens is 1. The molecule has 0 saturated heterocycles. The molecule has 1 fully saturated rings. The molecule has 5 atom stereocenters. The number of primary amides is 1. The number of carbonyl (C=O) groups excluding carboxylic acids is 4. The minimum absolute atomic E-state index is 0.0311. The van der Waals surface area contributed by atoms with Crippen molar-refractivity contribution in [2.45, 2.75) is 88.4 Å². The van der Waals surface area contributed by atoms with E-state index in [1.165, 1.54) is 29.0 Å². The van der Waals surface area contributed by atoms with Crippen LogP contribution in [0.1, 0.15) is 67.2 Å². The largest absolute Gasteiger partial charge is 0.368 e. The topological polar surface area (TPSA) is 184 Å². The van der Waals surface area contributed by atoms with E-state index in [1.807, 2.05) is 37.4 Å². The van der Waals surface area contributed by atoms with Crippen LogP contribution in [0.3, 0.4) is 0 Å². The van der Waals surface area contributed by atoms with Gasteiger partial charge in [-0.3, -0.25) is 39.1 Å². The van der Waals surface area contributed by atoms with Gasteiger partial charge in [0.05, 0.1) is 10.8 Å². The van der Waals surface area contributed by atoms with Crippen molar-refractivity contribution in [1.82, 2.24) is 20.5 Å². The fourth-order valence-electron chi connectivity index (χ4n) is 9.55. The maximum absolute atomic E-state index is 14.6. The first kappa shape index (κ1) is 38.1. The van der Waals surface area contributed by atoms with E-state index < -0.39 is 46.7 Å². The third kappa shape index (κ3) is 7.68. The average Bonchev–Trinajstić information content (AvgIpc) is 3.82. The molecule has 0 unspecified atom stereocenters. The van der Waals surface area contributed by atoms with Crippen molar-refractivity contribution in [2.75, 3.05) is 18.5 Å². The molecule has 0 bridgehead atoms. The van der Waals surface area contributed by atoms with E-state index in [0.29, 0.717) is 36.6 Å². The number of amides is 4. The normalized spacial score (nSPS) is 21.5. The Morgan fingerprint density at radius 1 is 0.930 bits per heavy atom. The van der Waals surface area contributed by atoms with Crippen molar-refractivity contribution in [3.63, 3.8) is 0 Å². The lowest BCUT2D eigenvalue weighted by Crippen LogP contribution is -2.58. The van der Waals surface area contributed by atoms with E-state index in [2.05, 4.69) is 32.8 Å². The van der Waals surface area contributed by atoms with E-state index >= 15 is 0 Å². The van der Waals surface area contributed by atoms with Crippen molar-refractivity contribution in [3.8, 4) is 0 Å². The standard InChI is InChI=1S/C44H49N7O6/c1-49-25-30(21-33-32-11-7-12-34-40(32)29(24-46-34)23-38(33)49)42(53)48-36(20-27-14-17-31(18-15-27)51(56)57)43(54)47-35(19-16-26-8-3-2-4-9-26)44(55)50-37-13-6-5-10-28(37)22-39(50)41(45)52/h5-7,10-15,17-18,21,24,26,30,35-36,38-39,46H,2-4,8-9,16,19-20,22-23,25H2,1H3,(H2,45,52)(H,47,54)(H,48,53)/t30-,35+,36+,38-,39+/m1/s1. The number of aromatic amines is 1. The maximum Gasteiger partial charge on any atom is 0.269 e. The van der Waals surface area contributed by atoms with Crippen molar-refractivity contribution in [3.05, 3.63) is 111 Å². The zero-order valence-corrected chi connectivity index (χ0v) is 32.1. The minimum Gasteiger partial charge on any atom is -0.368 e. The third-order valence-corrected chi connectivity index (χ3v) is 12.6. The van der Waals surface area contributed by atoms with Crippen LogP contribution >= 0.6 is 0 Å². The van der Waals surface area contributed by atoms with Gasteiger partial charge in [-0.05, 0) is 72.2 Å². The van der Waals surface area contributed by atoms with Gasteiger partial charge in [0, 0.05) is 60.3 Å². The van der Waals surface area contributed by atoms with Crippen LogP contribution < -0.4 is 21.3 Å². The second-order valence-electron chi connectivity index (χ2n) is 16.2. The van der Waals surface area contributed by atoms with Gasteiger partial charge in [-0.15, -0.1) is 0 Å². The molecular formula is C44H49N7O6. The molecule has 1 saturated carbocycles. The second kappa shape index (κ2) is 16.0. The molecule has 2 aliphatic heterocycles. The summed E-state index contributed by atoms with van der Waals surface area (Å²) in [4.78, 5) is 74.2. The molecule has 13 heteroatoms. The van der Waals surface area contributed by atoms with Crippen molar-refractivity contribution < 1.29 is 24.1 Å². The molecule has 2 aliphatic carbocycles. The van der Waals surface area contributed by atoms with E-state index in [9.17, 15) is 29.3 Å². The first-order chi connectivity index (χ1) is 27.5. The number of para-hydroxylation sites is 1. The number of likely N-dealkylation sites (N-methyl/N-ethyl adjacent to an activating group) is 1. The van der Waals surface area contributed by atoms with Gasteiger partial charge in [-0.2, -0.15) is 0 Å². The number of benzene rings is 3. The lowest BCUT2D eigenvalue weighted by atomic mass is 9.79. The molecule has 13 nitrogen and oxygen atoms in total. The number of nitrogens with zero attached hydrogens (tertiary/aromatic N) is 3. The average molecular weight is 772 g/mol. The van der Waals surface area contributed by atoms with Gasteiger partial charge < -0.3 is 21.4 Å². The summed E-state index contributed by atoms with van der Waals surface area (Å²) in [5, 5.41) is 18.6. The summed E-state index contributed by atoms with van der Waals surface area (Å²) < 4.78 is 0. The molecule has 0 radical (unpaired) electrons. The smallest absolute Gasteiger partial charge is 0.269 e. The van der Waals surface area contributed by atoms with Crippen LogP contribution in [0.2, 0.25) is 0 Å². The molecule has 3 heterocycles. The summed E-state index contributed by atoms with van der Waals surface area (Å²) in [5.74, 6) is -2.11. The molecule has 3 aromatic carbocycles. The molecule has 4 amide bonds. The number of anilines is 1. The number of nitro benzene ring substituents is 1. The Balaban J connectivity index is 1.09. The van der Waals surface area contributed by atoms with Gasteiger partial charge in [-0.25, -0.2) is 0 Å². The molecule has 4 aromatic rings. The first-order valence-corrected chi connectivity index (χ1v) is 20.1. The quantitative estimate of drug-likeness (QED) is 0.116. The van der Waals surface area contributed by atoms with Crippen LogP contribution in [0, 0.1) is 22.0 Å². The summed E-state index contributed by atoms with van der Waals surface area (Å²) >= 11 is 0. The SMILES string of the molecule is CN1C[C@H](C(=O)N[C@@H](Cc2ccc([N+](=O)[O-])cc2)C(=O)N[C@@H](CCC2CCCCC2)C(=O)N2c3ccccc3C[C@H]2C(N)=O)C=C2c3cccc4[nH]cc(c34)C[C@H]21.